The van der Waals surface area contributed by atoms with Crippen LogP contribution >= 0.6 is 0 Å². The zero-order chi connectivity index (χ0) is 18.1. The predicted molar refractivity (Wildman–Crippen MR) is 61.5 cm³/mol. The number of alkyl halides is 8. The molecule has 1 aliphatic rings. The third-order valence-electron chi connectivity index (χ3n) is 3.34. The van der Waals surface area contributed by atoms with Gasteiger partial charge in [0, 0.05) is 26.7 Å². The van der Waals surface area contributed by atoms with Gasteiger partial charge in [-0.3, -0.25) is 4.74 Å². The topological polar surface area (TPSA) is 24.9 Å². The summed E-state index contributed by atoms with van der Waals surface area (Å²) in [7, 11) is 1.23. The van der Waals surface area contributed by atoms with Crippen LogP contribution in [-0.4, -0.2) is 74.0 Å². The first kappa shape index (κ1) is 20.3. The molecule has 2 atom stereocenters. The molecule has 1 aliphatic heterocycles. The molecule has 12 heteroatoms. The Labute approximate surface area is 126 Å². The Hall–Kier alpha value is -0.720. The van der Waals surface area contributed by atoms with Crippen molar-refractivity contribution in [2.24, 2.45) is 0 Å². The lowest BCUT2D eigenvalue weighted by Gasteiger charge is -2.38. The van der Waals surface area contributed by atoms with E-state index in [1.54, 1.807) is 0 Å². The monoisotopic (exact) mass is 360 g/mol. The maximum absolute atomic E-state index is 14.1. The highest BCUT2D eigenvalue weighted by atomic mass is 19.4. The van der Waals surface area contributed by atoms with Crippen molar-refractivity contribution in [3.63, 3.8) is 0 Å². The van der Waals surface area contributed by atoms with Gasteiger partial charge in [0.05, 0.1) is 12.7 Å². The lowest BCUT2D eigenvalue weighted by atomic mass is 10.1. The van der Waals surface area contributed by atoms with Gasteiger partial charge >= 0.3 is 18.7 Å². The van der Waals surface area contributed by atoms with Crippen molar-refractivity contribution in [2.75, 3.05) is 33.4 Å². The second-order valence-electron chi connectivity index (χ2n) is 4.94. The molecule has 0 saturated carbocycles. The molecule has 2 unspecified atom stereocenters. The Kier molecular flexibility index (Phi) is 6.21. The van der Waals surface area contributed by atoms with E-state index in [0.29, 0.717) is 11.8 Å². The Morgan fingerprint density at radius 1 is 1.09 bits per heavy atom. The minimum Gasteiger partial charge on any atom is -0.383 e. The van der Waals surface area contributed by atoms with E-state index < -0.39 is 43.9 Å². The first-order valence-corrected chi connectivity index (χ1v) is 6.50. The summed E-state index contributed by atoms with van der Waals surface area (Å²) in [5.41, 5.74) is 0. The van der Waals surface area contributed by atoms with Gasteiger partial charge in [0.1, 0.15) is 6.04 Å². The molecular weight excluding hydrogens is 344 g/mol. The summed E-state index contributed by atoms with van der Waals surface area (Å²) in [6.45, 7) is -1.26. The van der Waals surface area contributed by atoms with Crippen molar-refractivity contribution in [3.05, 3.63) is 0 Å². The molecule has 0 bridgehead atoms. The average molecular weight is 360 g/mol. The number of halogens is 8. The van der Waals surface area contributed by atoms with Crippen LogP contribution < -0.4 is 0 Å². The van der Waals surface area contributed by atoms with Gasteiger partial charge in [0.25, 0.3) is 0 Å². The normalized spacial score (nSPS) is 23.2. The van der Waals surface area contributed by atoms with Gasteiger partial charge in [-0.1, -0.05) is 0 Å². The molecule has 1 saturated heterocycles. The first-order chi connectivity index (χ1) is 10.3. The van der Waals surface area contributed by atoms with Crippen molar-refractivity contribution in [1.29, 1.82) is 0 Å². The molecule has 0 aromatic heterocycles. The fourth-order valence-electron chi connectivity index (χ4n) is 2.40. The molecule has 0 radical (unpaired) electrons. The Morgan fingerprint density at radius 3 is 2.09 bits per heavy atom. The molecule has 0 aliphatic carbocycles. The van der Waals surface area contributed by atoms with Crippen LogP contribution in [0.3, 0.4) is 0 Å². The fourth-order valence-corrected chi connectivity index (χ4v) is 2.40. The van der Waals surface area contributed by atoms with Crippen molar-refractivity contribution < 1.29 is 44.6 Å². The Bertz CT molecular complexity index is 387. The van der Waals surface area contributed by atoms with Crippen molar-refractivity contribution in [1.82, 2.24) is 9.80 Å². The zero-order valence-electron chi connectivity index (χ0n) is 12.2. The van der Waals surface area contributed by atoms with E-state index in [2.05, 4.69) is 9.47 Å². The van der Waals surface area contributed by atoms with Gasteiger partial charge in [-0.15, -0.1) is 13.2 Å². The van der Waals surface area contributed by atoms with Crippen LogP contribution in [0.5, 0.6) is 0 Å². The molecule has 1 fully saturated rings. The fraction of sp³-hybridized carbons (Fsp3) is 1.00. The van der Waals surface area contributed by atoms with E-state index in [4.69, 9.17) is 0 Å². The summed E-state index contributed by atoms with van der Waals surface area (Å²) in [4.78, 5) is 0.0919. The number of rotatable bonds is 6. The molecule has 0 aromatic rings. The summed E-state index contributed by atoms with van der Waals surface area (Å²) in [6.07, 6.45) is -17.3. The number of methoxy groups -OCH3 is 1. The molecule has 1 heterocycles. The molecule has 0 amide bonds. The quantitative estimate of drug-likeness (QED) is 0.537. The molecule has 23 heavy (non-hydrogen) atoms. The zero-order valence-corrected chi connectivity index (χ0v) is 12.2. The Morgan fingerprint density at radius 2 is 1.65 bits per heavy atom. The average Bonchev–Trinajstić information content (AvgIpc) is 2.59. The third-order valence-corrected chi connectivity index (χ3v) is 3.34. The van der Waals surface area contributed by atoms with Crippen molar-refractivity contribution in [2.45, 2.75) is 37.8 Å². The van der Waals surface area contributed by atoms with Crippen LogP contribution in [0.4, 0.5) is 35.1 Å². The van der Waals surface area contributed by atoms with E-state index in [1.807, 2.05) is 0 Å². The van der Waals surface area contributed by atoms with E-state index in [1.165, 1.54) is 7.11 Å². The molecule has 4 nitrogen and oxygen atoms in total. The van der Waals surface area contributed by atoms with Crippen LogP contribution in [0.2, 0.25) is 0 Å². The molecule has 138 valence electrons. The van der Waals surface area contributed by atoms with E-state index in [9.17, 15) is 35.1 Å². The van der Waals surface area contributed by atoms with Gasteiger partial charge < -0.3 is 4.74 Å². The Balaban J connectivity index is 3.00. The maximum atomic E-state index is 14.1. The smallest absolute Gasteiger partial charge is 0.383 e. The molecule has 0 N–H and O–H groups in total. The predicted octanol–water partition coefficient (Wildman–Crippen LogP) is 2.66. The van der Waals surface area contributed by atoms with E-state index >= 15 is 0 Å². The minimum atomic E-state index is -5.37. The van der Waals surface area contributed by atoms with Gasteiger partial charge in [-0.05, 0) is 6.92 Å². The summed E-state index contributed by atoms with van der Waals surface area (Å²) in [5.74, 6) is 0. The number of nitrogens with zero attached hydrogens (tertiary/aromatic N) is 2. The number of ether oxygens (including phenoxy) is 2. The lowest BCUT2D eigenvalue weighted by Crippen LogP contribution is -2.60. The highest BCUT2D eigenvalue weighted by Gasteiger charge is 2.60. The van der Waals surface area contributed by atoms with Gasteiger partial charge in [-0.25, -0.2) is 9.80 Å². The molecule has 0 aromatic carbocycles. The summed E-state index contributed by atoms with van der Waals surface area (Å²) >= 11 is 0. The highest BCUT2D eigenvalue weighted by Crippen LogP contribution is 2.40. The first-order valence-electron chi connectivity index (χ1n) is 6.50. The maximum Gasteiger partial charge on any atom is 0.522 e. The summed E-state index contributed by atoms with van der Waals surface area (Å²) < 4.78 is 112. The largest absolute Gasteiger partial charge is 0.522 e. The third kappa shape index (κ3) is 5.13. The van der Waals surface area contributed by atoms with Crippen LogP contribution in [0.1, 0.15) is 6.92 Å². The molecule has 1 rings (SSSR count). The van der Waals surface area contributed by atoms with Crippen LogP contribution in [0.15, 0.2) is 0 Å². The van der Waals surface area contributed by atoms with E-state index in [-0.39, 0.29) is 18.1 Å². The molecule has 0 spiro atoms. The number of hydrogen-bond acceptors (Lipinski definition) is 4. The lowest BCUT2D eigenvalue weighted by molar-refractivity contribution is -0.367. The van der Waals surface area contributed by atoms with Crippen molar-refractivity contribution >= 4 is 0 Å². The van der Waals surface area contributed by atoms with Crippen LogP contribution in [-0.2, 0) is 9.47 Å². The molecular formula is C11H16F8N2O2. The standard InChI is InChI=1S/C11H16F8N2O2/c1-7(23-10(15,16)17)8(9(12,13)14)21-4-3-20(5-6-22-2)11(21,18)19/h7-8H,3-6H2,1-2H3. The second kappa shape index (κ2) is 7.03. The van der Waals surface area contributed by atoms with Gasteiger partial charge in [-0.2, -0.15) is 22.0 Å². The summed E-state index contributed by atoms with van der Waals surface area (Å²) in [6, 6.07) is -3.10. The van der Waals surface area contributed by atoms with E-state index in [0.717, 1.165) is 0 Å². The van der Waals surface area contributed by atoms with Gasteiger partial charge in [0.2, 0.25) is 0 Å². The van der Waals surface area contributed by atoms with Crippen LogP contribution in [0, 0.1) is 0 Å². The SMILES string of the molecule is COCCN1CCN(C(C(C)OC(F)(F)F)C(F)(F)F)C1(F)F. The van der Waals surface area contributed by atoms with Gasteiger partial charge in [0.15, 0.2) is 0 Å². The van der Waals surface area contributed by atoms with Crippen LogP contribution in [0.25, 0.3) is 0 Å². The van der Waals surface area contributed by atoms with Crippen molar-refractivity contribution in [3.8, 4) is 0 Å². The second-order valence-corrected chi connectivity index (χ2v) is 4.94. The highest BCUT2D eigenvalue weighted by molar-refractivity contribution is 4.93. The number of hydrogen-bond donors (Lipinski definition) is 0. The summed E-state index contributed by atoms with van der Waals surface area (Å²) in [5, 5.41) is 0. The minimum absolute atomic E-state index is 0.158.